The Morgan fingerprint density at radius 1 is 1.03 bits per heavy atom. The van der Waals surface area contributed by atoms with E-state index < -0.39 is 0 Å². The van der Waals surface area contributed by atoms with Crippen molar-refractivity contribution in [3.8, 4) is 5.75 Å². The quantitative estimate of drug-likeness (QED) is 0.408. The summed E-state index contributed by atoms with van der Waals surface area (Å²) in [6.07, 6.45) is 3.92. The third-order valence-electron chi connectivity index (χ3n) is 4.03. The van der Waals surface area contributed by atoms with Crippen molar-refractivity contribution < 1.29 is 14.3 Å². The summed E-state index contributed by atoms with van der Waals surface area (Å²) in [5, 5.41) is 6.12. The molecule has 3 rings (SSSR count). The van der Waals surface area contributed by atoms with Gasteiger partial charge in [-0.1, -0.05) is 33.6 Å². The van der Waals surface area contributed by atoms with E-state index in [9.17, 15) is 9.59 Å². The van der Waals surface area contributed by atoms with E-state index in [-0.39, 0.29) is 11.8 Å². The molecular weight excluding hydrogens is 470 g/mol. The maximum absolute atomic E-state index is 12.2. The van der Waals surface area contributed by atoms with Crippen molar-refractivity contribution in [2.45, 2.75) is 12.8 Å². The van der Waals surface area contributed by atoms with Gasteiger partial charge in [0.05, 0.1) is 17.2 Å². The van der Waals surface area contributed by atoms with E-state index in [2.05, 4.69) is 31.5 Å². The second kappa shape index (κ2) is 10.8. The summed E-state index contributed by atoms with van der Waals surface area (Å²) in [5.74, 6) is 0.170. The predicted octanol–water partition coefficient (Wildman–Crippen LogP) is 5.55. The number of carbonyl (C=O) groups is 2. The number of hydrogen-bond acceptors (Lipinski definition) is 4. The Morgan fingerprint density at radius 3 is 2.57 bits per heavy atom. The third-order valence-corrected chi connectivity index (χ3v) is 4.82. The highest BCUT2D eigenvalue weighted by atomic mass is 79.9. The molecule has 1 aromatic heterocycles. The normalized spacial score (nSPS) is 10.3. The minimum absolute atomic E-state index is 0.142. The van der Waals surface area contributed by atoms with E-state index in [1.807, 2.05) is 6.07 Å². The van der Waals surface area contributed by atoms with E-state index in [1.165, 1.54) is 6.20 Å². The van der Waals surface area contributed by atoms with E-state index in [1.54, 1.807) is 54.7 Å². The van der Waals surface area contributed by atoms with Crippen LogP contribution in [0, 0.1) is 0 Å². The number of nitrogens with one attached hydrogen (secondary N) is 2. The Balaban J connectivity index is 1.46. The number of pyridine rings is 1. The van der Waals surface area contributed by atoms with Gasteiger partial charge >= 0.3 is 0 Å². The average Bonchev–Trinajstić information content (AvgIpc) is 2.73. The van der Waals surface area contributed by atoms with Crippen molar-refractivity contribution in [2.75, 3.05) is 17.2 Å². The fourth-order valence-electron chi connectivity index (χ4n) is 2.61. The Hall–Kier alpha value is -2.90. The number of aromatic nitrogens is 1. The van der Waals surface area contributed by atoms with Crippen LogP contribution in [0.25, 0.3) is 0 Å². The molecule has 0 aliphatic heterocycles. The van der Waals surface area contributed by atoms with Crippen LogP contribution >= 0.6 is 27.5 Å². The number of halogens is 2. The van der Waals surface area contributed by atoms with Crippen LogP contribution in [0.1, 0.15) is 23.2 Å². The molecule has 154 valence electrons. The summed E-state index contributed by atoms with van der Waals surface area (Å²) >= 11 is 9.44. The molecule has 3 aromatic rings. The zero-order valence-corrected chi connectivity index (χ0v) is 18.2. The molecule has 6 nitrogen and oxygen atoms in total. The Kier molecular flexibility index (Phi) is 7.82. The van der Waals surface area contributed by atoms with Gasteiger partial charge in [-0.3, -0.25) is 14.6 Å². The number of hydrogen-bond donors (Lipinski definition) is 2. The van der Waals surface area contributed by atoms with E-state index in [0.29, 0.717) is 47.2 Å². The lowest BCUT2D eigenvalue weighted by Gasteiger charge is -2.10. The van der Waals surface area contributed by atoms with Gasteiger partial charge in [0, 0.05) is 34.7 Å². The van der Waals surface area contributed by atoms with Gasteiger partial charge in [-0.2, -0.15) is 0 Å². The van der Waals surface area contributed by atoms with Crippen molar-refractivity contribution in [1.29, 1.82) is 0 Å². The summed E-state index contributed by atoms with van der Waals surface area (Å²) in [6.45, 7) is 0.371. The molecule has 0 aliphatic carbocycles. The van der Waals surface area contributed by atoms with Crippen LogP contribution in [0.2, 0.25) is 5.02 Å². The maximum Gasteiger partial charge on any atom is 0.257 e. The molecule has 0 radical (unpaired) electrons. The van der Waals surface area contributed by atoms with Crippen molar-refractivity contribution in [1.82, 2.24) is 4.98 Å². The van der Waals surface area contributed by atoms with Gasteiger partial charge in [0.15, 0.2) is 0 Å². The van der Waals surface area contributed by atoms with Crippen LogP contribution in [0.5, 0.6) is 5.75 Å². The minimum atomic E-state index is -0.268. The Bertz CT molecular complexity index is 1030. The van der Waals surface area contributed by atoms with Crippen molar-refractivity contribution in [2.24, 2.45) is 0 Å². The number of nitrogens with zero attached hydrogens (tertiary/aromatic N) is 1. The van der Waals surface area contributed by atoms with Crippen LogP contribution in [0.3, 0.4) is 0 Å². The van der Waals surface area contributed by atoms with Gasteiger partial charge in [0.25, 0.3) is 5.91 Å². The van der Waals surface area contributed by atoms with Crippen molar-refractivity contribution >= 4 is 50.7 Å². The number of carbonyl (C=O) groups excluding carboxylic acids is 2. The second-order valence-electron chi connectivity index (χ2n) is 6.35. The molecule has 0 saturated carbocycles. The third kappa shape index (κ3) is 6.57. The van der Waals surface area contributed by atoms with Gasteiger partial charge in [-0.25, -0.2) is 0 Å². The zero-order valence-electron chi connectivity index (χ0n) is 15.9. The Morgan fingerprint density at radius 2 is 1.83 bits per heavy atom. The van der Waals surface area contributed by atoms with Crippen LogP contribution in [-0.2, 0) is 4.79 Å². The number of anilines is 2. The average molecular weight is 489 g/mol. The molecule has 2 N–H and O–H groups in total. The first kappa shape index (κ1) is 21.8. The fraction of sp³-hybridized carbons (Fsp3) is 0.136. The molecule has 0 fully saturated rings. The minimum Gasteiger partial charge on any atom is -0.492 e. The van der Waals surface area contributed by atoms with Crippen LogP contribution in [0.4, 0.5) is 11.4 Å². The highest BCUT2D eigenvalue weighted by Crippen LogP contribution is 2.27. The molecule has 0 spiro atoms. The van der Waals surface area contributed by atoms with Crippen molar-refractivity contribution in [3.05, 3.63) is 82.0 Å². The SMILES string of the molecule is O=C(CCCOc1ccc(Br)cc1Cl)Nc1cccc(NC(=O)c2cccnc2)c1. The zero-order chi connectivity index (χ0) is 21.3. The molecule has 0 unspecified atom stereocenters. The highest BCUT2D eigenvalue weighted by molar-refractivity contribution is 9.10. The number of ether oxygens (including phenoxy) is 1. The number of benzene rings is 2. The lowest BCUT2D eigenvalue weighted by Crippen LogP contribution is -2.14. The molecular formula is C22H19BrClN3O3. The van der Waals surface area contributed by atoms with Crippen LogP contribution < -0.4 is 15.4 Å². The van der Waals surface area contributed by atoms with Gasteiger partial charge < -0.3 is 15.4 Å². The predicted molar refractivity (Wildman–Crippen MR) is 121 cm³/mol. The fourth-order valence-corrected chi connectivity index (χ4v) is 3.33. The summed E-state index contributed by atoms with van der Waals surface area (Å²) in [5.41, 5.74) is 1.63. The van der Waals surface area contributed by atoms with Gasteiger partial charge in [-0.05, 0) is 55.0 Å². The van der Waals surface area contributed by atoms with Gasteiger partial charge in [0.1, 0.15) is 5.75 Å². The van der Waals surface area contributed by atoms with Crippen LogP contribution in [0.15, 0.2) is 71.5 Å². The molecule has 0 saturated heterocycles. The van der Waals surface area contributed by atoms with Crippen LogP contribution in [-0.4, -0.2) is 23.4 Å². The lowest BCUT2D eigenvalue weighted by atomic mass is 10.2. The van der Waals surface area contributed by atoms with Crippen molar-refractivity contribution in [3.63, 3.8) is 0 Å². The number of amides is 2. The monoisotopic (exact) mass is 487 g/mol. The summed E-state index contributed by atoms with van der Waals surface area (Å²) in [4.78, 5) is 28.3. The smallest absolute Gasteiger partial charge is 0.257 e. The highest BCUT2D eigenvalue weighted by Gasteiger charge is 2.08. The first-order chi connectivity index (χ1) is 14.5. The van der Waals surface area contributed by atoms with Gasteiger partial charge in [-0.15, -0.1) is 0 Å². The van der Waals surface area contributed by atoms with Gasteiger partial charge in [0.2, 0.25) is 5.91 Å². The molecule has 0 atom stereocenters. The van der Waals surface area contributed by atoms with E-state index >= 15 is 0 Å². The Labute approximate surface area is 187 Å². The van der Waals surface area contributed by atoms with E-state index in [0.717, 1.165) is 4.47 Å². The molecule has 0 bridgehead atoms. The maximum atomic E-state index is 12.2. The summed E-state index contributed by atoms with van der Waals surface area (Å²) in [7, 11) is 0. The van der Waals surface area contributed by atoms with E-state index in [4.69, 9.17) is 16.3 Å². The first-order valence-electron chi connectivity index (χ1n) is 9.20. The molecule has 1 heterocycles. The molecule has 8 heteroatoms. The molecule has 30 heavy (non-hydrogen) atoms. The summed E-state index contributed by atoms with van der Waals surface area (Å²) in [6, 6.07) is 15.7. The molecule has 2 amide bonds. The molecule has 0 aliphatic rings. The first-order valence-corrected chi connectivity index (χ1v) is 10.4. The topological polar surface area (TPSA) is 80.3 Å². The summed E-state index contributed by atoms with van der Waals surface area (Å²) < 4.78 is 6.49. The number of rotatable bonds is 8. The second-order valence-corrected chi connectivity index (χ2v) is 7.67. The standard InChI is InChI=1S/C22H19BrClN3O3/c23-16-8-9-20(19(24)12-16)30-11-3-7-21(28)26-17-5-1-6-18(13-17)27-22(29)15-4-2-10-25-14-15/h1-2,4-6,8-10,12-14H,3,7,11H2,(H,26,28)(H,27,29). The largest absolute Gasteiger partial charge is 0.492 e. The lowest BCUT2D eigenvalue weighted by molar-refractivity contribution is -0.116. The molecule has 2 aromatic carbocycles.